The number of benzene rings is 1. The maximum Gasteiger partial charge on any atom is 0.0465 e. The summed E-state index contributed by atoms with van der Waals surface area (Å²) in [6, 6.07) is 8.77. The zero-order valence-electron chi connectivity index (χ0n) is 13.8. The van der Waals surface area contributed by atoms with E-state index in [1.807, 2.05) is 0 Å². The Morgan fingerprint density at radius 1 is 1.10 bits per heavy atom. The van der Waals surface area contributed by atoms with Crippen molar-refractivity contribution in [3.05, 3.63) is 35.4 Å². The summed E-state index contributed by atoms with van der Waals surface area (Å²) >= 11 is 0. The summed E-state index contributed by atoms with van der Waals surface area (Å²) in [6.07, 6.45) is 1.11. The number of hydrogen-bond donors (Lipinski definition) is 1. The minimum absolute atomic E-state index is 0.560. The molecule has 114 valence electrons. The van der Waals surface area contributed by atoms with Gasteiger partial charge in [-0.25, -0.2) is 0 Å². The maximum atomic E-state index is 5.25. The van der Waals surface area contributed by atoms with Crippen molar-refractivity contribution in [2.75, 3.05) is 26.8 Å². The maximum absolute atomic E-state index is 5.25. The van der Waals surface area contributed by atoms with Gasteiger partial charge in [-0.15, -0.1) is 0 Å². The number of ether oxygens (including phenoxy) is 1. The molecule has 2 nitrogen and oxygen atoms in total. The van der Waals surface area contributed by atoms with Crippen molar-refractivity contribution >= 4 is 0 Å². The quantitative estimate of drug-likeness (QED) is 0.736. The van der Waals surface area contributed by atoms with Crippen LogP contribution < -0.4 is 5.32 Å². The van der Waals surface area contributed by atoms with E-state index in [2.05, 4.69) is 57.3 Å². The smallest absolute Gasteiger partial charge is 0.0465 e. The topological polar surface area (TPSA) is 21.3 Å². The lowest BCUT2D eigenvalue weighted by atomic mass is 9.83. The third-order valence-corrected chi connectivity index (χ3v) is 3.97. The van der Waals surface area contributed by atoms with Gasteiger partial charge in [0.2, 0.25) is 0 Å². The Morgan fingerprint density at radius 3 is 2.40 bits per heavy atom. The minimum atomic E-state index is 0.560. The van der Waals surface area contributed by atoms with E-state index in [1.165, 1.54) is 11.1 Å². The van der Waals surface area contributed by atoms with E-state index in [-0.39, 0.29) is 0 Å². The summed E-state index contributed by atoms with van der Waals surface area (Å²) < 4.78 is 5.25. The molecule has 0 aliphatic carbocycles. The molecule has 1 N–H and O–H groups in total. The fourth-order valence-corrected chi connectivity index (χ4v) is 2.65. The first-order valence-electron chi connectivity index (χ1n) is 7.81. The SMILES string of the molecule is COCCC(C)C(CNCC(C)C)c1ccccc1C. The first-order valence-corrected chi connectivity index (χ1v) is 7.81. The van der Waals surface area contributed by atoms with Crippen molar-refractivity contribution in [1.82, 2.24) is 5.32 Å². The van der Waals surface area contributed by atoms with E-state index in [0.29, 0.717) is 17.8 Å². The molecule has 0 aliphatic heterocycles. The predicted octanol–water partition coefficient (Wildman–Crippen LogP) is 4.00. The molecule has 0 aromatic heterocycles. The second-order valence-corrected chi connectivity index (χ2v) is 6.27. The third kappa shape index (κ3) is 5.64. The molecule has 0 fully saturated rings. The lowest BCUT2D eigenvalue weighted by Gasteiger charge is -2.26. The average Bonchev–Trinajstić information content (AvgIpc) is 2.42. The highest BCUT2D eigenvalue weighted by Gasteiger charge is 2.20. The Kier molecular flexibility index (Phi) is 7.86. The summed E-state index contributed by atoms with van der Waals surface area (Å²) in [4.78, 5) is 0. The van der Waals surface area contributed by atoms with Crippen LogP contribution in [-0.4, -0.2) is 26.8 Å². The summed E-state index contributed by atoms with van der Waals surface area (Å²) in [7, 11) is 1.78. The van der Waals surface area contributed by atoms with Gasteiger partial charge in [-0.05, 0) is 48.8 Å². The van der Waals surface area contributed by atoms with Crippen LogP contribution in [0.3, 0.4) is 0 Å². The Morgan fingerprint density at radius 2 is 1.80 bits per heavy atom. The Labute approximate surface area is 124 Å². The van der Waals surface area contributed by atoms with Gasteiger partial charge < -0.3 is 10.1 Å². The molecule has 0 bridgehead atoms. The van der Waals surface area contributed by atoms with Gasteiger partial charge in [0.1, 0.15) is 0 Å². The Hall–Kier alpha value is -0.860. The van der Waals surface area contributed by atoms with Crippen LogP contribution in [0.5, 0.6) is 0 Å². The van der Waals surface area contributed by atoms with Crippen LogP contribution in [0, 0.1) is 18.8 Å². The van der Waals surface area contributed by atoms with Crippen LogP contribution in [0.4, 0.5) is 0 Å². The van der Waals surface area contributed by atoms with Gasteiger partial charge in [0, 0.05) is 20.3 Å². The molecule has 2 atom stereocenters. The van der Waals surface area contributed by atoms with Gasteiger partial charge in [0.25, 0.3) is 0 Å². The van der Waals surface area contributed by atoms with Crippen molar-refractivity contribution in [3.63, 3.8) is 0 Å². The van der Waals surface area contributed by atoms with Crippen LogP contribution in [-0.2, 0) is 4.74 Å². The molecule has 2 heteroatoms. The Bertz CT molecular complexity index is 375. The molecule has 0 heterocycles. The van der Waals surface area contributed by atoms with E-state index in [1.54, 1.807) is 7.11 Å². The zero-order valence-corrected chi connectivity index (χ0v) is 13.8. The van der Waals surface area contributed by atoms with Gasteiger partial charge >= 0.3 is 0 Å². The number of hydrogen-bond acceptors (Lipinski definition) is 2. The highest BCUT2D eigenvalue weighted by Crippen LogP contribution is 2.28. The van der Waals surface area contributed by atoms with Gasteiger partial charge in [0.15, 0.2) is 0 Å². The highest BCUT2D eigenvalue weighted by molar-refractivity contribution is 5.30. The first-order chi connectivity index (χ1) is 9.56. The summed E-state index contributed by atoms with van der Waals surface area (Å²) in [5.41, 5.74) is 2.88. The number of rotatable bonds is 9. The fraction of sp³-hybridized carbons (Fsp3) is 0.667. The molecule has 0 spiro atoms. The van der Waals surface area contributed by atoms with Crippen molar-refractivity contribution < 1.29 is 4.74 Å². The van der Waals surface area contributed by atoms with Gasteiger partial charge in [-0.3, -0.25) is 0 Å². The van der Waals surface area contributed by atoms with Crippen LogP contribution in [0.25, 0.3) is 0 Å². The normalized spacial score (nSPS) is 14.5. The van der Waals surface area contributed by atoms with E-state index in [4.69, 9.17) is 4.74 Å². The molecule has 0 aliphatic rings. The summed E-state index contributed by atoms with van der Waals surface area (Å²) in [5.74, 6) is 1.88. The van der Waals surface area contributed by atoms with Crippen molar-refractivity contribution in [3.8, 4) is 0 Å². The highest BCUT2D eigenvalue weighted by atomic mass is 16.5. The van der Waals surface area contributed by atoms with E-state index in [0.717, 1.165) is 26.1 Å². The Balaban J connectivity index is 2.75. The standard InChI is InChI=1S/C18H31NO/c1-14(2)12-19-13-18(16(4)10-11-20-5)17-9-7-6-8-15(17)3/h6-9,14,16,18-19H,10-13H2,1-5H3. The minimum Gasteiger partial charge on any atom is -0.385 e. The van der Waals surface area contributed by atoms with Crippen molar-refractivity contribution in [2.45, 2.75) is 40.0 Å². The van der Waals surface area contributed by atoms with E-state index < -0.39 is 0 Å². The van der Waals surface area contributed by atoms with Gasteiger partial charge in [-0.2, -0.15) is 0 Å². The fourth-order valence-electron chi connectivity index (χ4n) is 2.65. The second kappa shape index (κ2) is 9.15. The predicted molar refractivity (Wildman–Crippen MR) is 87.3 cm³/mol. The van der Waals surface area contributed by atoms with Crippen LogP contribution in [0.1, 0.15) is 44.2 Å². The van der Waals surface area contributed by atoms with Gasteiger partial charge in [0.05, 0.1) is 0 Å². The molecule has 20 heavy (non-hydrogen) atoms. The molecule has 1 aromatic rings. The zero-order chi connectivity index (χ0) is 15.0. The average molecular weight is 277 g/mol. The molecular weight excluding hydrogens is 246 g/mol. The second-order valence-electron chi connectivity index (χ2n) is 6.27. The molecule has 0 saturated heterocycles. The van der Waals surface area contributed by atoms with Crippen LogP contribution in [0.15, 0.2) is 24.3 Å². The molecule has 2 unspecified atom stereocenters. The monoisotopic (exact) mass is 277 g/mol. The molecule has 1 aromatic carbocycles. The molecular formula is C18H31NO. The van der Waals surface area contributed by atoms with Crippen molar-refractivity contribution in [1.29, 1.82) is 0 Å². The number of methoxy groups -OCH3 is 1. The van der Waals surface area contributed by atoms with E-state index in [9.17, 15) is 0 Å². The van der Waals surface area contributed by atoms with Gasteiger partial charge in [-0.1, -0.05) is 45.0 Å². The first kappa shape index (κ1) is 17.2. The largest absolute Gasteiger partial charge is 0.385 e. The van der Waals surface area contributed by atoms with Crippen LogP contribution in [0.2, 0.25) is 0 Å². The summed E-state index contributed by atoms with van der Waals surface area (Å²) in [5, 5.41) is 3.63. The third-order valence-electron chi connectivity index (χ3n) is 3.97. The molecule has 0 radical (unpaired) electrons. The lowest BCUT2D eigenvalue weighted by Crippen LogP contribution is -2.29. The number of aryl methyl sites for hydroxylation is 1. The van der Waals surface area contributed by atoms with Crippen LogP contribution >= 0.6 is 0 Å². The summed E-state index contributed by atoms with van der Waals surface area (Å²) in [6.45, 7) is 12.0. The lowest BCUT2D eigenvalue weighted by molar-refractivity contribution is 0.173. The van der Waals surface area contributed by atoms with Crippen molar-refractivity contribution in [2.24, 2.45) is 11.8 Å². The number of nitrogens with one attached hydrogen (secondary N) is 1. The molecule has 0 saturated carbocycles. The molecule has 0 amide bonds. The molecule has 1 rings (SSSR count). The van der Waals surface area contributed by atoms with E-state index >= 15 is 0 Å².